The highest BCUT2D eigenvalue weighted by Gasteiger charge is 2.17. The number of aromatic nitrogens is 3. The average molecular weight is 253 g/mol. The van der Waals surface area contributed by atoms with Gasteiger partial charge in [-0.05, 0) is 30.2 Å². The molecule has 0 aliphatic carbocycles. The lowest BCUT2D eigenvalue weighted by Crippen LogP contribution is -2.33. The van der Waals surface area contributed by atoms with Crippen LogP contribution in [0, 0.1) is 18.3 Å². The van der Waals surface area contributed by atoms with Crippen molar-refractivity contribution in [2.24, 2.45) is 0 Å². The second-order valence-corrected chi connectivity index (χ2v) is 4.90. The summed E-state index contributed by atoms with van der Waals surface area (Å²) in [5.74, 6) is 1.03. The van der Waals surface area contributed by atoms with Gasteiger partial charge in [0, 0.05) is 19.6 Å². The third kappa shape index (κ3) is 2.35. The summed E-state index contributed by atoms with van der Waals surface area (Å²) in [4.78, 5) is 2.36. The molecule has 3 rings (SSSR count). The maximum Gasteiger partial charge on any atom is 0.147 e. The SMILES string of the molecule is Cc1cc(C#N)ccc1CN1CCn2cnnc2C1. The van der Waals surface area contributed by atoms with E-state index >= 15 is 0 Å². The van der Waals surface area contributed by atoms with Crippen LogP contribution in [0.3, 0.4) is 0 Å². The van der Waals surface area contributed by atoms with Gasteiger partial charge in [0.15, 0.2) is 0 Å². The quantitative estimate of drug-likeness (QED) is 0.813. The number of nitriles is 1. The molecule has 19 heavy (non-hydrogen) atoms. The predicted molar refractivity (Wildman–Crippen MR) is 70.0 cm³/mol. The van der Waals surface area contributed by atoms with E-state index in [1.54, 1.807) is 6.33 Å². The monoisotopic (exact) mass is 253 g/mol. The Balaban J connectivity index is 1.75. The molecule has 1 aromatic heterocycles. The summed E-state index contributed by atoms with van der Waals surface area (Å²) in [6.45, 7) is 5.73. The molecule has 0 saturated heterocycles. The van der Waals surface area contributed by atoms with Crippen molar-refractivity contribution in [3.63, 3.8) is 0 Å². The maximum absolute atomic E-state index is 8.88. The lowest BCUT2D eigenvalue weighted by atomic mass is 10.0. The molecule has 0 amide bonds. The number of rotatable bonds is 2. The number of hydrogen-bond donors (Lipinski definition) is 0. The van der Waals surface area contributed by atoms with Crippen LogP contribution in [0.2, 0.25) is 0 Å². The van der Waals surface area contributed by atoms with E-state index in [0.29, 0.717) is 0 Å². The van der Waals surface area contributed by atoms with Gasteiger partial charge in [0.2, 0.25) is 0 Å². The summed E-state index contributed by atoms with van der Waals surface area (Å²) in [6.07, 6.45) is 1.79. The summed E-state index contributed by atoms with van der Waals surface area (Å²) < 4.78 is 2.10. The zero-order valence-electron chi connectivity index (χ0n) is 10.9. The van der Waals surface area contributed by atoms with Crippen molar-refractivity contribution < 1.29 is 0 Å². The molecule has 2 aromatic rings. The molecule has 0 spiro atoms. The van der Waals surface area contributed by atoms with Crippen LogP contribution in [0.4, 0.5) is 0 Å². The van der Waals surface area contributed by atoms with Gasteiger partial charge in [-0.2, -0.15) is 5.26 Å². The van der Waals surface area contributed by atoms with Crippen LogP contribution in [0.25, 0.3) is 0 Å². The predicted octanol–water partition coefficient (Wildman–Crippen LogP) is 1.47. The van der Waals surface area contributed by atoms with Gasteiger partial charge in [0.1, 0.15) is 12.2 Å². The van der Waals surface area contributed by atoms with E-state index in [0.717, 1.165) is 37.6 Å². The normalized spacial score (nSPS) is 14.9. The molecule has 0 N–H and O–H groups in total. The minimum atomic E-state index is 0.722. The van der Waals surface area contributed by atoms with Gasteiger partial charge in [0.05, 0.1) is 18.2 Å². The van der Waals surface area contributed by atoms with E-state index in [4.69, 9.17) is 5.26 Å². The minimum Gasteiger partial charge on any atom is -0.315 e. The highest BCUT2D eigenvalue weighted by Crippen LogP contribution is 2.16. The second-order valence-electron chi connectivity index (χ2n) is 4.90. The summed E-state index contributed by atoms with van der Waals surface area (Å²) in [7, 11) is 0. The van der Waals surface area contributed by atoms with Crippen LogP contribution in [0.15, 0.2) is 24.5 Å². The van der Waals surface area contributed by atoms with Gasteiger partial charge in [0.25, 0.3) is 0 Å². The highest BCUT2D eigenvalue weighted by atomic mass is 15.3. The first-order chi connectivity index (χ1) is 9.26. The van der Waals surface area contributed by atoms with Crippen LogP contribution >= 0.6 is 0 Å². The molecule has 5 heteroatoms. The Hall–Kier alpha value is -2.19. The zero-order chi connectivity index (χ0) is 13.2. The molecule has 5 nitrogen and oxygen atoms in total. The first-order valence-electron chi connectivity index (χ1n) is 6.35. The van der Waals surface area contributed by atoms with Crippen LogP contribution < -0.4 is 0 Å². The highest BCUT2D eigenvalue weighted by molar-refractivity contribution is 5.37. The van der Waals surface area contributed by atoms with Crippen LogP contribution in [0.1, 0.15) is 22.5 Å². The van der Waals surface area contributed by atoms with Gasteiger partial charge < -0.3 is 4.57 Å². The Bertz CT molecular complexity index is 638. The maximum atomic E-state index is 8.88. The van der Waals surface area contributed by atoms with Crippen molar-refractivity contribution in [2.45, 2.75) is 26.6 Å². The molecule has 96 valence electrons. The van der Waals surface area contributed by atoms with E-state index in [1.165, 1.54) is 11.1 Å². The fourth-order valence-corrected chi connectivity index (χ4v) is 2.44. The van der Waals surface area contributed by atoms with Gasteiger partial charge in [-0.1, -0.05) is 6.07 Å². The van der Waals surface area contributed by atoms with Crippen LogP contribution in [-0.2, 0) is 19.6 Å². The van der Waals surface area contributed by atoms with Crippen molar-refractivity contribution in [1.29, 1.82) is 5.26 Å². The van der Waals surface area contributed by atoms with Gasteiger partial charge in [-0.15, -0.1) is 10.2 Å². The van der Waals surface area contributed by atoms with Crippen molar-refractivity contribution >= 4 is 0 Å². The van der Waals surface area contributed by atoms with Crippen LogP contribution in [0.5, 0.6) is 0 Å². The molecule has 0 saturated carbocycles. The molecule has 1 aliphatic rings. The van der Waals surface area contributed by atoms with Crippen molar-refractivity contribution in [1.82, 2.24) is 19.7 Å². The standard InChI is InChI=1S/C14H15N5/c1-11-6-12(7-15)2-3-13(11)8-18-4-5-19-10-16-17-14(19)9-18/h2-3,6,10H,4-5,8-9H2,1H3. The van der Waals surface area contributed by atoms with Crippen molar-refractivity contribution in [2.75, 3.05) is 6.54 Å². The lowest BCUT2D eigenvalue weighted by molar-refractivity contribution is 0.208. The first-order valence-corrected chi connectivity index (χ1v) is 6.35. The van der Waals surface area contributed by atoms with Crippen molar-refractivity contribution in [3.8, 4) is 6.07 Å². The number of benzene rings is 1. The Morgan fingerprint density at radius 3 is 3.05 bits per heavy atom. The summed E-state index contributed by atoms with van der Waals surface area (Å²) in [5, 5.41) is 16.9. The second kappa shape index (κ2) is 4.82. The number of hydrogen-bond acceptors (Lipinski definition) is 4. The summed E-state index contributed by atoms with van der Waals surface area (Å²) >= 11 is 0. The molecular formula is C14H15N5. The van der Waals surface area contributed by atoms with Crippen molar-refractivity contribution in [3.05, 3.63) is 47.0 Å². The largest absolute Gasteiger partial charge is 0.315 e. The Morgan fingerprint density at radius 2 is 2.26 bits per heavy atom. The van der Waals surface area contributed by atoms with Gasteiger partial charge >= 0.3 is 0 Å². The molecule has 0 atom stereocenters. The van der Waals surface area contributed by atoms with Gasteiger partial charge in [-0.3, -0.25) is 4.90 Å². The van der Waals surface area contributed by atoms with E-state index in [1.807, 2.05) is 18.2 Å². The first kappa shape index (κ1) is 11.9. The Kier molecular flexibility index (Phi) is 3.02. The molecule has 0 radical (unpaired) electrons. The summed E-state index contributed by atoms with van der Waals surface area (Å²) in [5.41, 5.74) is 3.16. The van der Waals surface area contributed by atoms with E-state index in [9.17, 15) is 0 Å². The smallest absolute Gasteiger partial charge is 0.147 e. The molecule has 0 unspecified atom stereocenters. The number of nitrogens with zero attached hydrogens (tertiary/aromatic N) is 5. The van der Waals surface area contributed by atoms with E-state index in [2.05, 4.69) is 32.7 Å². The van der Waals surface area contributed by atoms with Gasteiger partial charge in [-0.25, -0.2) is 0 Å². The topological polar surface area (TPSA) is 57.7 Å². The van der Waals surface area contributed by atoms with Crippen LogP contribution in [-0.4, -0.2) is 26.2 Å². The lowest BCUT2D eigenvalue weighted by Gasteiger charge is -2.27. The molecule has 0 fully saturated rings. The Labute approximate surface area is 112 Å². The third-order valence-electron chi connectivity index (χ3n) is 3.58. The Morgan fingerprint density at radius 1 is 1.37 bits per heavy atom. The fourth-order valence-electron chi connectivity index (χ4n) is 2.44. The zero-order valence-corrected chi connectivity index (χ0v) is 10.9. The molecule has 1 aliphatic heterocycles. The molecular weight excluding hydrogens is 238 g/mol. The minimum absolute atomic E-state index is 0.722. The van der Waals surface area contributed by atoms with E-state index in [-0.39, 0.29) is 0 Å². The molecule has 2 heterocycles. The number of fused-ring (bicyclic) bond motifs is 1. The average Bonchev–Trinajstić information content (AvgIpc) is 2.88. The third-order valence-corrected chi connectivity index (χ3v) is 3.58. The fraction of sp³-hybridized carbons (Fsp3) is 0.357. The summed E-state index contributed by atoms with van der Waals surface area (Å²) in [6, 6.07) is 8.05. The van der Waals surface area contributed by atoms with E-state index < -0.39 is 0 Å². The molecule has 1 aromatic carbocycles. The number of aryl methyl sites for hydroxylation is 1. The molecule has 0 bridgehead atoms.